The summed E-state index contributed by atoms with van der Waals surface area (Å²) in [6.45, 7) is 2.41. The van der Waals surface area contributed by atoms with E-state index in [0.717, 1.165) is 25.7 Å². The third-order valence-electron chi connectivity index (χ3n) is 5.64. The van der Waals surface area contributed by atoms with Crippen molar-refractivity contribution in [3.05, 3.63) is 48.7 Å². The van der Waals surface area contributed by atoms with E-state index >= 15 is 0 Å². The third-order valence-corrected chi connectivity index (χ3v) is 7.53. The summed E-state index contributed by atoms with van der Waals surface area (Å²) in [4.78, 5) is 0.168. The fraction of sp³-hybridized carbons (Fsp3) is 0.450. The van der Waals surface area contributed by atoms with E-state index in [0.29, 0.717) is 23.1 Å². The Kier molecular flexibility index (Phi) is 5.87. The molecule has 9 nitrogen and oxygen atoms in total. The number of rotatable bonds is 7. The van der Waals surface area contributed by atoms with Crippen molar-refractivity contribution >= 4 is 10.0 Å². The van der Waals surface area contributed by atoms with Crippen LogP contribution in [0.4, 0.5) is 0 Å². The second-order valence-corrected chi connectivity index (χ2v) is 9.52. The van der Waals surface area contributed by atoms with E-state index in [1.54, 1.807) is 34.8 Å². The van der Waals surface area contributed by atoms with Gasteiger partial charge in [-0.1, -0.05) is 6.92 Å². The molecule has 0 atom stereocenters. The zero-order valence-corrected chi connectivity index (χ0v) is 17.8. The quantitative estimate of drug-likeness (QED) is 0.566. The van der Waals surface area contributed by atoms with Crippen molar-refractivity contribution in [3.8, 4) is 11.4 Å². The number of sulfonamides is 1. The van der Waals surface area contributed by atoms with Crippen molar-refractivity contribution in [2.24, 2.45) is 5.92 Å². The standard InChI is InChI=1S/C20H25N5O4S/c1-15-5-7-16(8-6-15)25(13-17-4-3-11-29-17)30(26,27)18-9-10-19(20(12-18)28-2)24-14-21-22-23-24/h3-4,9-12,14-16H,5-8,13H2,1-2H3. The molecule has 1 aromatic carbocycles. The highest BCUT2D eigenvalue weighted by molar-refractivity contribution is 7.89. The Hall–Kier alpha value is -2.72. The van der Waals surface area contributed by atoms with E-state index in [1.807, 2.05) is 0 Å². The zero-order valence-electron chi connectivity index (χ0n) is 17.0. The van der Waals surface area contributed by atoms with E-state index in [9.17, 15) is 8.42 Å². The Morgan fingerprint density at radius 1 is 1.23 bits per heavy atom. The first kappa shape index (κ1) is 20.5. The van der Waals surface area contributed by atoms with Crippen molar-refractivity contribution in [1.82, 2.24) is 24.5 Å². The molecule has 3 aromatic rings. The average Bonchev–Trinajstić information content (AvgIpc) is 3.46. The predicted molar refractivity (Wildman–Crippen MR) is 109 cm³/mol. The number of furan rings is 1. The molecular formula is C20H25N5O4S. The maximum Gasteiger partial charge on any atom is 0.243 e. The van der Waals surface area contributed by atoms with E-state index in [-0.39, 0.29) is 17.5 Å². The van der Waals surface area contributed by atoms with Gasteiger partial charge in [-0.05, 0) is 66.3 Å². The summed E-state index contributed by atoms with van der Waals surface area (Å²) in [5, 5.41) is 11.1. The minimum atomic E-state index is -3.78. The van der Waals surface area contributed by atoms with Gasteiger partial charge in [0.05, 0.1) is 24.8 Å². The van der Waals surface area contributed by atoms with Gasteiger partial charge in [0.2, 0.25) is 10.0 Å². The van der Waals surface area contributed by atoms with Gasteiger partial charge in [-0.25, -0.2) is 8.42 Å². The maximum absolute atomic E-state index is 13.7. The zero-order chi connectivity index (χ0) is 21.1. The van der Waals surface area contributed by atoms with Gasteiger partial charge in [0.25, 0.3) is 0 Å². The lowest BCUT2D eigenvalue weighted by molar-refractivity contribution is 0.208. The number of benzene rings is 1. The Balaban J connectivity index is 1.70. The number of methoxy groups -OCH3 is 1. The summed E-state index contributed by atoms with van der Waals surface area (Å²) in [5.41, 5.74) is 0.561. The number of hydrogen-bond acceptors (Lipinski definition) is 7. The maximum atomic E-state index is 13.7. The summed E-state index contributed by atoms with van der Waals surface area (Å²) in [5.74, 6) is 1.61. The van der Waals surface area contributed by atoms with Crippen LogP contribution < -0.4 is 4.74 Å². The topological polar surface area (TPSA) is 103 Å². The summed E-state index contributed by atoms with van der Waals surface area (Å²) in [7, 11) is -2.29. The molecule has 2 heterocycles. The molecule has 0 spiro atoms. The summed E-state index contributed by atoms with van der Waals surface area (Å²) in [6, 6.07) is 8.24. The van der Waals surface area contributed by atoms with Gasteiger partial charge >= 0.3 is 0 Å². The van der Waals surface area contributed by atoms with Gasteiger partial charge < -0.3 is 9.15 Å². The van der Waals surface area contributed by atoms with Gasteiger partial charge in [-0.2, -0.15) is 8.99 Å². The highest BCUT2D eigenvalue weighted by Gasteiger charge is 2.34. The molecule has 10 heteroatoms. The fourth-order valence-electron chi connectivity index (χ4n) is 3.91. The van der Waals surface area contributed by atoms with Crippen LogP contribution in [0.25, 0.3) is 5.69 Å². The Morgan fingerprint density at radius 3 is 2.67 bits per heavy atom. The van der Waals surface area contributed by atoms with Crippen molar-refractivity contribution in [2.45, 2.75) is 50.1 Å². The van der Waals surface area contributed by atoms with E-state index in [4.69, 9.17) is 9.15 Å². The lowest BCUT2D eigenvalue weighted by atomic mass is 9.87. The van der Waals surface area contributed by atoms with E-state index < -0.39 is 10.0 Å². The summed E-state index contributed by atoms with van der Waals surface area (Å²) in [6.07, 6.45) is 6.68. The summed E-state index contributed by atoms with van der Waals surface area (Å²) < 4.78 is 41.3. The predicted octanol–water partition coefficient (Wildman–Crippen LogP) is 3.03. The number of hydrogen-bond donors (Lipinski definition) is 0. The van der Waals surface area contributed by atoms with E-state index in [2.05, 4.69) is 22.4 Å². The largest absolute Gasteiger partial charge is 0.494 e. The highest BCUT2D eigenvalue weighted by Crippen LogP contribution is 2.34. The fourth-order valence-corrected chi connectivity index (χ4v) is 5.58. The van der Waals surface area contributed by atoms with Crippen LogP contribution in [0.15, 0.2) is 52.2 Å². The molecule has 1 fully saturated rings. The highest BCUT2D eigenvalue weighted by atomic mass is 32.2. The molecule has 30 heavy (non-hydrogen) atoms. The van der Waals surface area contributed by atoms with Crippen molar-refractivity contribution < 1.29 is 17.6 Å². The first-order valence-electron chi connectivity index (χ1n) is 9.94. The number of nitrogens with zero attached hydrogens (tertiary/aromatic N) is 5. The van der Waals surface area contributed by atoms with Gasteiger partial charge in [0, 0.05) is 12.1 Å². The molecule has 0 N–H and O–H groups in total. The van der Waals surface area contributed by atoms with Crippen LogP contribution in [-0.2, 0) is 16.6 Å². The molecule has 0 radical (unpaired) electrons. The van der Waals surface area contributed by atoms with Crippen LogP contribution in [0.3, 0.4) is 0 Å². The summed E-state index contributed by atoms with van der Waals surface area (Å²) >= 11 is 0. The average molecular weight is 432 g/mol. The van der Waals surface area contributed by atoms with E-state index in [1.165, 1.54) is 24.2 Å². The van der Waals surface area contributed by atoms with Crippen LogP contribution in [0.1, 0.15) is 38.4 Å². The minimum absolute atomic E-state index is 0.0681. The minimum Gasteiger partial charge on any atom is -0.494 e. The molecule has 0 unspecified atom stereocenters. The second kappa shape index (κ2) is 8.57. The second-order valence-electron chi connectivity index (χ2n) is 7.63. The number of ether oxygens (including phenoxy) is 1. The molecule has 160 valence electrons. The van der Waals surface area contributed by atoms with Crippen molar-refractivity contribution in [2.75, 3.05) is 7.11 Å². The molecule has 1 aliphatic rings. The normalized spacial score (nSPS) is 19.8. The van der Waals surface area contributed by atoms with Crippen molar-refractivity contribution in [1.29, 1.82) is 0 Å². The van der Waals surface area contributed by atoms with Gasteiger partial charge in [-0.15, -0.1) is 5.10 Å². The molecule has 2 aromatic heterocycles. The molecule has 4 rings (SSSR count). The smallest absolute Gasteiger partial charge is 0.243 e. The van der Waals surface area contributed by atoms with Crippen LogP contribution in [0.2, 0.25) is 0 Å². The molecule has 1 aliphatic carbocycles. The monoisotopic (exact) mass is 431 g/mol. The molecule has 1 saturated carbocycles. The van der Waals surface area contributed by atoms with Crippen LogP contribution in [0, 0.1) is 5.92 Å². The molecule has 0 amide bonds. The lowest BCUT2D eigenvalue weighted by Crippen LogP contribution is -2.41. The van der Waals surface area contributed by atoms with Gasteiger partial charge in [0.15, 0.2) is 0 Å². The first-order valence-corrected chi connectivity index (χ1v) is 11.4. The van der Waals surface area contributed by atoms with Crippen molar-refractivity contribution in [3.63, 3.8) is 0 Å². The third kappa shape index (κ3) is 4.10. The molecule has 0 bridgehead atoms. The van der Waals surface area contributed by atoms with Crippen LogP contribution in [-0.4, -0.2) is 46.1 Å². The Morgan fingerprint density at radius 2 is 2.03 bits per heavy atom. The van der Waals surface area contributed by atoms with Gasteiger partial charge in [-0.3, -0.25) is 0 Å². The lowest BCUT2D eigenvalue weighted by Gasteiger charge is -2.35. The Bertz CT molecular complexity index is 1060. The van der Waals surface area contributed by atoms with Crippen LogP contribution >= 0.6 is 0 Å². The number of aromatic nitrogens is 4. The molecular weight excluding hydrogens is 406 g/mol. The SMILES string of the molecule is COc1cc(S(=O)(=O)N(Cc2ccco2)C2CCC(C)CC2)ccc1-n1cnnn1. The molecule has 0 saturated heterocycles. The molecule has 0 aliphatic heterocycles. The van der Waals surface area contributed by atoms with Crippen LogP contribution in [0.5, 0.6) is 5.75 Å². The number of tetrazole rings is 1. The Labute approximate surface area is 175 Å². The first-order chi connectivity index (χ1) is 14.5. The van der Waals surface area contributed by atoms with Gasteiger partial charge in [0.1, 0.15) is 23.5 Å².